The molecule has 8 heteroatoms. The van der Waals surface area contributed by atoms with E-state index in [1.165, 1.54) is 43.3 Å². The summed E-state index contributed by atoms with van der Waals surface area (Å²) < 4.78 is 25.0. The van der Waals surface area contributed by atoms with Crippen LogP contribution < -0.4 is 5.32 Å². The third-order valence-corrected chi connectivity index (χ3v) is 5.25. The highest BCUT2D eigenvalue weighted by atomic mass is 32.2. The fourth-order valence-electron chi connectivity index (χ4n) is 2.17. The minimum absolute atomic E-state index is 0.0115. The third-order valence-electron chi connectivity index (χ3n) is 3.42. The molecule has 2 amide bonds. The Balaban J connectivity index is 1.99. The first-order valence-electron chi connectivity index (χ1n) is 6.91. The van der Waals surface area contributed by atoms with Gasteiger partial charge in [-0.2, -0.15) is 0 Å². The van der Waals surface area contributed by atoms with Crippen molar-refractivity contribution >= 4 is 27.5 Å². The van der Waals surface area contributed by atoms with Gasteiger partial charge in [0.15, 0.2) is 0 Å². The maximum absolute atomic E-state index is 11.9. The Morgan fingerprint density at radius 3 is 2.41 bits per heavy atom. The predicted octanol–water partition coefficient (Wildman–Crippen LogP) is 0.498. The van der Waals surface area contributed by atoms with Crippen LogP contribution in [0.5, 0.6) is 0 Å². The summed E-state index contributed by atoms with van der Waals surface area (Å²) >= 11 is 0. The van der Waals surface area contributed by atoms with E-state index in [1.54, 1.807) is 0 Å². The van der Waals surface area contributed by atoms with Crippen LogP contribution >= 0.6 is 0 Å². The van der Waals surface area contributed by atoms with Crippen molar-refractivity contribution in [3.63, 3.8) is 0 Å². The van der Waals surface area contributed by atoms with Gasteiger partial charge in [0.05, 0.1) is 11.4 Å². The number of hydrogen-bond acceptors (Lipinski definition) is 4. The minimum Gasteiger partial charge on any atom is -0.333 e. The number of anilines is 1. The molecule has 1 aliphatic rings. The second-order valence-corrected chi connectivity index (χ2v) is 7.43. The third kappa shape index (κ3) is 3.63. The van der Waals surface area contributed by atoms with Gasteiger partial charge in [0.25, 0.3) is 0 Å². The number of likely N-dealkylation sites (tertiary alicyclic amines) is 1. The zero-order chi connectivity index (χ0) is 16.3. The Morgan fingerprint density at radius 1 is 1.27 bits per heavy atom. The van der Waals surface area contributed by atoms with Crippen LogP contribution in [-0.4, -0.2) is 56.6 Å². The zero-order valence-corrected chi connectivity index (χ0v) is 13.4. The van der Waals surface area contributed by atoms with Gasteiger partial charge < -0.3 is 10.2 Å². The molecule has 1 aromatic carbocycles. The number of hydrogen-bond donors (Lipinski definition) is 1. The van der Waals surface area contributed by atoms with Crippen molar-refractivity contribution in [2.75, 3.05) is 32.5 Å². The standard InChI is InChI=1S/C14H19N3O4S/c1-16(2)22(20,21)12-7-5-11(6-8-12)15-13(18)10-17-9-3-4-14(17)19/h5-8H,3-4,9-10H2,1-2H3,(H,15,18). The molecule has 0 saturated carbocycles. The van der Waals surface area contributed by atoms with Crippen LogP contribution in [0.3, 0.4) is 0 Å². The van der Waals surface area contributed by atoms with E-state index in [2.05, 4.69) is 5.32 Å². The van der Waals surface area contributed by atoms with Crippen molar-refractivity contribution in [3.05, 3.63) is 24.3 Å². The molecule has 1 saturated heterocycles. The molecule has 1 aromatic rings. The van der Waals surface area contributed by atoms with Crippen molar-refractivity contribution in [1.29, 1.82) is 0 Å². The molecule has 1 fully saturated rings. The lowest BCUT2D eigenvalue weighted by Crippen LogP contribution is -2.33. The van der Waals surface area contributed by atoms with E-state index in [4.69, 9.17) is 0 Å². The second-order valence-electron chi connectivity index (χ2n) is 5.28. The van der Waals surface area contributed by atoms with Crippen LogP contribution in [-0.2, 0) is 19.6 Å². The van der Waals surface area contributed by atoms with Crippen molar-refractivity contribution in [3.8, 4) is 0 Å². The molecule has 0 spiro atoms. The van der Waals surface area contributed by atoms with Crippen molar-refractivity contribution in [1.82, 2.24) is 9.21 Å². The SMILES string of the molecule is CN(C)S(=O)(=O)c1ccc(NC(=O)CN2CCCC2=O)cc1. The van der Waals surface area contributed by atoms with Gasteiger partial charge in [0.1, 0.15) is 0 Å². The summed E-state index contributed by atoms with van der Waals surface area (Å²) in [5.74, 6) is -0.305. The summed E-state index contributed by atoms with van der Waals surface area (Å²) in [7, 11) is -0.567. The van der Waals surface area contributed by atoms with E-state index in [1.807, 2.05) is 0 Å². The predicted molar refractivity (Wildman–Crippen MR) is 81.8 cm³/mol. The number of rotatable bonds is 5. The number of nitrogens with one attached hydrogen (secondary N) is 1. The van der Waals surface area contributed by atoms with Crippen LogP contribution in [0.25, 0.3) is 0 Å². The van der Waals surface area contributed by atoms with E-state index in [0.717, 1.165) is 10.7 Å². The summed E-state index contributed by atoms with van der Waals surface area (Å²) in [5.41, 5.74) is 0.495. The van der Waals surface area contributed by atoms with Crippen LogP contribution in [0.4, 0.5) is 5.69 Å². The Kier molecular flexibility index (Phi) is 4.82. The van der Waals surface area contributed by atoms with E-state index in [9.17, 15) is 18.0 Å². The zero-order valence-electron chi connectivity index (χ0n) is 12.6. The van der Waals surface area contributed by atoms with Crippen LogP contribution in [0.1, 0.15) is 12.8 Å². The van der Waals surface area contributed by atoms with E-state index in [0.29, 0.717) is 18.7 Å². The lowest BCUT2D eigenvalue weighted by Gasteiger charge is -2.15. The van der Waals surface area contributed by atoms with E-state index in [-0.39, 0.29) is 23.3 Å². The van der Waals surface area contributed by atoms with E-state index < -0.39 is 10.0 Å². The number of sulfonamides is 1. The highest BCUT2D eigenvalue weighted by Gasteiger charge is 2.22. The fraction of sp³-hybridized carbons (Fsp3) is 0.429. The Labute approximate surface area is 129 Å². The lowest BCUT2D eigenvalue weighted by molar-refractivity contribution is -0.131. The Hall–Kier alpha value is -1.93. The number of carbonyl (C=O) groups is 2. The largest absolute Gasteiger partial charge is 0.333 e. The van der Waals surface area contributed by atoms with Gasteiger partial charge in [0, 0.05) is 32.7 Å². The molecule has 1 N–H and O–H groups in total. The van der Waals surface area contributed by atoms with Gasteiger partial charge in [-0.05, 0) is 30.7 Å². The highest BCUT2D eigenvalue weighted by Crippen LogP contribution is 2.17. The average molecular weight is 325 g/mol. The summed E-state index contributed by atoms with van der Waals surface area (Å²) in [5, 5.41) is 2.66. The minimum atomic E-state index is -3.48. The molecule has 1 aliphatic heterocycles. The number of benzene rings is 1. The Morgan fingerprint density at radius 2 is 1.91 bits per heavy atom. The van der Waals surface area contributed by atoms with Gasteiger partial charge >= 0.3 is 0 Å². The number of nitrogens with zero attached hydrogens (tertiary/aromatic N) is 2. The molecule has 0 atom stereocenters. The summed E-state index contributed by atoms with van der Waals surface area (Å²) in [6.45, 7) is 0.628. The van der Waals surface area contributed by atoms with Crippen LogP contribution in [0, 0.1) is 0 Å². The molecule has 1 heterocycles. The maximum atomic E-state index is 11.9. The lowest BCUT2D eigenvalue weighted by atomic mass is 10.3. The normalized spacial score (nSPS) is 15.4. The van der Waals surface area contributed by atoms with Crippen molar-refractivity contribution in [2.24, 2.45) is 0 Å². The molecule has 7 nitrogen and oxygen atoms in total. The molecule has 0 aromatic heterocycles. The first-order chi connectivity index (χ1) is 10.3. The number of carbonyl (C=O) groups excluding carboxylic acids is 2. The van der Waals surface area contributed by atoms with Gasteiger partial charge in [-0.1, -0.05) is 0 Å². The first-order valence-corrected chi connectivity index (χ1v) is 8.35. The Bertz CT molecular complexity index is 668. The molecular weight excluding hydrogens is 306 g/mol. The monoisotopic (exact) mass is 325 g/mol. The molecule has 0 aliphatic carbocycles. The van der Waals surface area contributed by atoms with E-state index >= 15 is 0 Å². The molecule has 0 unspecified atom stereocenters. The van der Waals surface area contributed by atoms with Gasteiger partial charge in [-0.25, -0.2) is 12.7 Å². The van der Waals surface area contributed by atoms with Gasteiger partial charge in [0.2, 0.25) is 21.8 Å². The molecule has 0 radical (unpaired) electrons. The summed E-state index contributed by atoms with van der Waals surface area (Å²) in [6, 6.07) is 5.93. The molecular formula is C14H19N3O4S. The van der Waals surface area contributed by atoms with Crippen molar-refractivity contribution < 1.29 is 18.0 Å². The highest BCUT2D eigenvalue weighted by molar-refractivity contribution is 7.89. The van der Waals surface area contributed by atoms with Gasteiger partial charge in [-0.3, -0.25) is 9.59 Å². The van der Waals surface area contributed by atoms with Gasteiger partial charge in [-0.15, -0.1) is 0 Å². The topological polar surface area (TPSA) is 86.8 Å². The number of amides is 2. The summed E-state index contributed by atoms with van der Waals surface area (Å²) in [4.78, 5) is 25.0. The molecule has 22 heavy (non-hydrogen) atoms. The quantitative estimate of drug-likeness (QED) is 0.854. The second kappa shape index (κ2) is 6.45. The maximum Gasteiger partial charge on any atom is 0.243 e. The molecule has 2 rings (SSSR count). The molecule has 120 valence electrons. The summed E-state index contributed by atoms with van der Waals surface area (Å²) in [6.07, 6.45) is 1.27. The van der Waals surface area contributed by atoms with Crippen LogP contribution in [0.15, 0.2) is 29.2 Å². The van der Waals surface area contributed by atoms with Crippen LogP contribution in [0.2, 0.25) is 0 Å². The molecule has 0 bridgehead atoms. The average Bonchev–Trinajstić information content (AvgIpc) is 2.84. The smallest absolute Gasteiger partial charge is 0.243 e. The fourth-order valence-corrected chi connectivity index (χ4v) is 3.07. The first kappa shape index (κ1) is 16.4. The van der Waals surface area contributed by atoms with Crippen molar-refractivity contribution in [2.45, 2.75) is 17.7 Å².